The van der Waals surface area contributed by atoms with Crippen molar-refractivity contribution in [3.05, 3.63) is 0 Å². The molecule has 2 aliphatic heterocycles. The second-order valence-electron chi connectivity index (χ2n) is 6.92. The van der Waals surface area contributed by atoms with Crippen LogP contribution in [0, 0.1) is 5.41 Å². The zero-order valence-electron chi connectivity index (χ0n) is 13.1. The fraction of sp³-hybridized carbons (Fsp3) is 0.800. The normalized spacial score (nSPS) is 31.5. The molecule has 0 aromatic rings. The highest BCUT2D eigenvalue weighted by atomic mass is 16.2. The van der Waals surface area contributed by atoms with Gasteiger partial charge in [-0.2, -0.15) is 0 Å². The molecule has 0 aromatic heterocycles. The second-order valence-corrected chi connectivity index (χ2v) is 6.92. The lowest BCUT2D eigenvalue weighted by molar-refractivity contribution is -0.147. The van der Waals surface area contributed by atoms with Crippen molar-refractivity contribution in [2.45, 2.75) is 37.6 Å². The number of nitrogens with two attached hydrogens (primary N) is 1. The Morgan fingerprint density at radius 1 is 1.18 bits per heavy atom. The molecule has 2 saturated heterocycles. The molecule has 1 spiro atoms. The lowest BCUT2D eigenvalue weighted by Crippen LogP contribution is -2.63. The summed E-state index contributed by atoms with van der Waals surface area (Å²) in [6.45, 7) is 2.58. The Bertz CT molecular complexity index is 517. The van der Waals surface area contributed by atoms with Gasteiger partial charge >= 0.3 is 0 Å². The molecule has 0 bridgehead atoms. The monoisotopic (exact) mass is 308 g/mol. The molecule has 1 aliphatic carbocycles. The Kier molecular flexibility index (Phi) is 3.63. The fourth-order valence-corrected chi connectivity index (χ4v) is 3.76. The minimum absolute atomic E-state index is 0.0736. The zero-order chi connectivity index (χ0) is 16.0. The van der Waals surface area contributed by atoms with E-state index in [2.05, 4.69) is 17.3 Å². The Hall–Kier alpha value is -1.63. The van der Waals surface area contributed by atoms with E-state index in [9.17, 15) is 14.4 Å². The number of likely N-dealkylation sites (N-methyl/N-ethyl adjacent to an activating group) is 1. The smallest absolute Gasteiger partial charge is 0.238 e. The molecule has 3 fully saturated rings. The van der Waals surface area contributed by atoms with Gasteiger partial charge in [0.2, 0.25) is 17.7 Å². The van der Waals surface area contributed by atoms with Gasteiger partial charge < -0.3 is 16.0 Å². The number of nitrogens with one attached hydrogen (secondary N) is 1. The predicted octanol–water partition coefficient (Wildman–Crippen LogP) is -0.935. The van der Waals surface area contributed by atoms with Crippen molar-refractivity contribution < 1.29 is 14.4 Å². The summed E-state index contributed by atoms with van der Waals surface area (Å²) in [5, 5.41) is 2.90. The van der Waals surface area contributed by atoms with Gasteiger partial charge in [0.25, 0.3) is 0 Å². The van der Waals surface area contributed by atoms with Crippen LogP contribution in [-0.4, -0.2) is 66.3 Å². The van der Waals surface area contributed by atoms with Crippen LogP contribution < -0.4 is 11.1 Å². The maximum Gasteiger partial charge on any atom is 0.238 e. The maximum atomic E-state index is 12.7. The molecule has 3 amide bonds. The minimum Gasteiger partial charge on any atom is -0.369 e. The van der Waals surface area contributed by atoms with E-state index in [1.54, 1.807) is 4.90 Å². The van der Waals surface area contributed by atoms with Gasteiger partial charge in [-0.05, 0) is 32.7 Å². The van der Waals surface area contributed by atoms with E-state index in [1.165, 1.54) is 0 Å². The van der Waals surface area contributed by atoms with Crippen LogP contribution in [0.5, 0.6) is 0 Å². The molecule has 0 aromatic carbocycles. The molecule has 1 atom stereocenters. The highest BCUT2D eigenvalue weighted by molar-refractivity contribution is 6.07. The molecule has 3 rings (SSSR count). The number of nitrogens with zero attached hydrogens (tertiary/aromatic N) is 2. The topological polar surface area (TPSA) is 95.7 Å². The predicted molar refractivity (Wildman–Crippen MR) is 79.7 cm³/mol. The Morgan fingerprint density at radius 3 is 2.55 bits per heavy atom. The van der Waals surface area contributed by atoms with Crippen molar-refractivity contribution in [3.63, 3.8) is 0 Å². The van der Waals surface area contributed by atoms with Gasteiger partial charge in [-0.15, -0.1) is 0 Å². The Morgan fingerprint density at radius 2 is 1.91 bits per heavy atom. The van der Waals surface area contributed by atoms with E-state index >= 15 is 0 Å². The number of rotatable bonds is 2. The number of carbonyl (C=O) groups excluding carboxylic acids is 3. The molecule has 1 saturated carbocycles. The van der Waals surface area contributed by atoms with Crippen LogP contribution in [-0.2, 0) is 14.4 Å². The largest absolute Gasteiger partial charge is 0.369 e. The Labute approximate surface area is 130 Å². The summed E-state index contributed by atoms with van der Waals surface area (Å²) in [7, 11) is 2.05. The molecule has 22 heavy (non-hydrogen) atoms. The van der Waals surface area contributed by atoms with Gasteiger partial charge in [0, 0.05) is 38.1 Å². The van der Waals surface area contributed by atoms with Crippen LogP contribution in [0.3, 0.4) is 0 Å². The number of hydrogen-bond acceptors (Lipinski definition) is 4. The number of amides is 3. The van der Waals surface area contributed by atoms with E-state index in [0.29, 0.717) is 38.9 Å². The molecule has 7 heteroatoms. The molecular weight excluding hydrogens is 284 g/mol. The van der Waals surface area contributed by atoms with Crippen molar-refractivity contribution >= 4 is 17.7 Å². The number of primary amides is 1. The summed E-state index contributed by atoms with van der Waals surface area (Å²) >= 11 is 0. The van der Waals surface area contributed by atoms with Gasteiger partial charge in [-0.3, -0.25) is 19.3 Å². The molecule has 122 valence electrons. The third-order valence-corrected chi connectivity index (χ3v) is 5.65. The lowest BCUT2D eigenvalue weighted by atomic mass is 9.85. The average molecular weight is 308 g/mol. The van der Waals surface area contributed by atoms with Crippen molar-refractivity contribution in [1.29, 1.82) is 0 Å². The molecular formula is C15H24N4O3. The van der Waals surface area contributed by atoms with Crippen LogP contribution in [0.4, 0.5) is 0 Å². The summed E-state index contributed by atoms with van der Waals surface area (Å²) < 4.78 is 0. The van der Waals surface area contributed by atoms with Crippen LogP contribution >= 0.6 is 0 Å². The summed E-state index contributed by atoms with van der Waals surface area (Å²) in [6, 6.07) is 0. The average Bonchev–Trinajstić information content (AvgIpc) is 3.29. The van der Waals surface area contributed by atoms with Crippen molar-refractivity contribution in [3.8, 4) is 0 Å². The quantitative estimate of drug-likeness (QED) is 0.644. The first-order valence-corrected chi connectivity index (χ1v) is 7.97. The molecule has 3 N–H and O–H groups in total. The van der Waals surface area contributed by atoms with E-state index in [4.69, 9.17) is 5.73 Å². The number of carbonyl (C=O) groups is 3. The van der Waals surface area contributed by atoms with Gasteiger partial charge in [-0.1, -0.05) is 0 Å². The van der Waals surface area contributed by atoms with E-state index in [-0.39, 0.29) is 17.4 Å². The standard InChI is InChI=1S/C15H24N4O3/c1-18-8-9-19(13(22)15(4-5-15)12(16)21)10-14(18)3-2-11(20)17-7-6-14/h2-10H2,1H3,(H2,16,21)(H,17,20)/t14-/m1/s1. The van der Waals surface area contributed by atoms with E-state index < -0.39 is 11.3 Å². The van der Waals surface area contributed by atoms with Crippen LogP contribution in [0.15, 0.2) is 0 Å². The van der Waals surface area contributed by atoms with Gasteiger partial charge in [0.05, 0.1) is 0 Å². The summed E-state index contributed by atoms with van der Waals surface area (Å²) in [5.74, 6) is -0.538. The summed E-state index contributed by atoms with van der Waals surface area (Å²) in [6.07, 6.45) is 3.18. The third kappa shape index (κ3) is 2.37. The molecule has 3 aliphatic rings. The first kappa shape index (κ1) is 15.3. The first-order chi connectivity index (χ1) is 10.4. The first-order valence-electron chi connectivity index (χ1n) is 7.97. The highest BCUT2D eigenvalue weighted by Crippen LogP contribution is 2.47. The zero-order valence-corrected chi connectivity index (χ0v) is 13.1. The fourth-order valence-electron chi connectivity index (χ4n) is 3.76. The van der Waals surface area contributed by atoms with Gasteiger partial charge in [-0.25, -0.2) is 0 Å². The Balaban J connectivity index is 1.77. The lowest BCUT2D eigenvalue weighted by Gasteiger charge is -2.49. The maximum absolute atomic E-state index is 12.7. The van der Waals surface area contributed by atoms with Crippen LogP contribution in [0.2, 0.25) is 0 Å². The van der Waals surface area contributed by atoms with Crippen LogP contribution in [0.1, 0.15) is 32.1 Å². The number of piperazine rings is 1. The number of hydrogen-bond donors (Lipinski definition) is 2. The molecule has 0 unspecified atom stereocenters. The highest BCUT2D eigenvalue weighted by Gasteiger charge is 2.58. The van der Waals surface area contributed by atoms with E-state index in [1.807, 2.05) is 0 Å². The third-order valence-electron chi connectivity index (χ3n) is 5.65. The van der Waals surface area contributed by atoms with Crippen molar-refractivity contribution in [2.24, 2.45) is 11.1 Å². The van der Waals surface area contributed by atoms with Gasteiger partial charge in [0.1, 0.15) is 5.41 Å². The second kappa shape index (κ2) is 5.22. The van der Waals surface area contributed by atoms with Crippen molar-refractivity contribution in [2.75, 3.05) is 33.2 Å². The summed E-state index contributed by atoms with van der Waals surface area (Å²) in [4.78, 5) is 40.0. The van der Waals surface area contributed by atoms with Crippen LogP contribution in [0.25, 0.3) is 0 Å². The van der Waals surface area contributed by atoms with Crippen molar-refractivity contribution in [1.82, 2.24) is 15.1 Å². The SMILES string of the molecule is CN1CCN(C(=O)C2(C(N)=O)CC2)C[C@@]12CCNC(=O)CC2. The summed E-state index contributed by atoms with van der Waals surface area (Å²) in [5.41, 5.74) is 4.30. The van der Waals surface area contributed by atoms with E-state index in [0.717, 1.165) is 19.4 Å². The van der Waals surface area contributed by atoms with Gasteiger partial charge in [0.15, 0.2) is 0 Å². The molecule has 7 nitrogen and oxygen atoms in total. The molecule has 2 heterocycles. The minimum atomic E-state index is -0.949. The molecule has 0 radical (unpaired) electrons.